The number of rotatable bonds is 4. The summed E-state index contributed by atoms with van der Waals surface area (Å²) in [6.07, 6.45) is -0.208. The summed E-state index contributed by atoms with van der Waals surface area (Å²) in [6.45, 7) is 3.94. The minimum Gasteiger partial charge on any atom is -0.483 e. The molecule has 2 aromatic carbocycles. The van der Waals surface area contributed by atoms with Crippen LogP contribution in [-0.2, 0) is 0 Å². The van der Waals surface area contributed by atoms with E-state index >= 15 is 0 Å². The molecule has 0 saturated carbocycles. The van der Waals surface area contributed by atoms with Crippen LogP contribution in [0.15, 0.2) is 48.5 Å². The van der Waals surface area contributed by atoms with E-state index in [-0.39, 0.29) is 12.1 Å². The molecule has 0 aromatic heterocycles. The van der Waals surface area contributed by atoms with Crippen molar-refractivity contribution in [3.05, 3.63) is 64.7 Å². The first-order valence-electron chi connectivity index (χ1n) is 6.31. The van der Waals surface area contributed by atoms with Gasteiger partial charge in [-0.25, -0.2) is 0 Å². The van der Waals surface area contributed by atoms with Crippen LogP contribution in [0.1, 0.15) is 24.2 Å². The molecule has 2 N–H and O–H groups in total. The quantitative estimate of drug-likeness (QED) is 0.911. The maximum Gasteiger partial charge on any atom is 0.139 e. The van der Waals surface area contributed by atoms with Crippen molar-refractivity contribution in [1.82, 2.24) is 0 Å². The lowest BCUT2D eigenvalue weighted by Crippen LogP contribution is -2.29. The SMILES string of the molecule is Cc1ccc(Cl)c(OC(c2ccccc2)C(C)N)c1. The van der Waals surface area contributed by atoms with Gasteiger partial charge in [-0.2, -0.15) is 0 Å². The van der Waals surface area contributed by atoms with E-state index in [9.17, 15) is 0 Å². The molecule has 3 heteroatoms. The molecule has 0 fully saturated rings. The van der Waals surface area contributed by atoms with Crippen molar-refractivity contribution in [1.29, 1.82) is 0 Å². The zero-order chi connectivity index (χ0) is 13.8. The van der Waals surface area contributed by atoms with Crippen LogP contribution in [0.25, 0.3) is 0 Å². The average Bonchev–Trinajstić information content (AvgIpc) is 2.40. The van der Waals surface area contributed by atoms with Gasteiger partial charge in [-0.1, -0.05) is 48.0 Å². The molecule has 2 aromatic rings. The van der Waals surface area contributed by atoms with Gasteiger partial charge in [0.1, 0.15) is 11.9 Å². The summed E-state index contributed by atoms with van der Waals surface area (Å²) in [7, 11) is 0. The Bertz CT molecular complexity index is 540. The maximum absolute atomic E-state index is 6.17. The zero-order valence-corrected chi connectivity index (χ0v) is 11.9. The van der Waals surface area contributed by atoms with Crippen molar-refractivity contribution < 1.29 is 4.74 Å². The summed E-state index contributed by atoms with van der Waals surface area (Å²) in [4.78, 5) is 0. The largest absolute Gasteiger partial charge is 0.483 e. The smallest absolute Gasteiger partial charge is 0.139 e. The molecule has 2 nitrogen and oxygen atoms in total. The summed E-state index contributed by atoms with van der Waals surface area (Å²) < 4.78 is 6.02. The van der Waals surface area contributed by atoms with Crippen molar-refractivity contribution in [2.45, 2.75) is 26.0 Å². The molecule has 0 aliphatic carbocycles. The van der Waals surface area contributed by atoms with E-state index in [1.807, 2.05) is 62.4 Å². The van der Waals surface area contributed by atoms with Gasteiger partial charge in [0.2, 0.25) is 0 Å². The third-order valence-corrected chi connectivity index (χ3v) is 3.26. The topological polar surface area (TPSA) is 35.2 Å². The van der Waals surface area contributed by atoms with Crippen LogP contribution in [0, 0.1) is 6.92 Å². The molecular weight excluding hydrogens is 258 g/mol. The van der Waals surface area contributed by atoms with Gasteiger partial charge in [0.05, 0.1) is 5.02 Å². The van der Waals surface area contributed by atoms with E-state index in [0.29, 0.717) is 10.8 Å². The molecule has 0 bridgehead atoms. The molecule has 100 valence electrons. The number of benzene rings is 2. The average molecular weight is 276 g/mol. The number of aryl methyl sites for hydroxylation is 1. The minimum atomic E-state index is -0.208. The molecule has 2 rings (SSSR count). The molecule has 0 amide bonds. The van der Waals surface area contributed by atoms with Gasteiger partial charge in [0.15, 0.2) is 0 Å². The molecule has 2 atom stereocenters. The fourth-order valence-corrected chi connectivity index (χ4v) is 2.12. The van der Waals surface area contributed by atoms with Gasteiger partial charge in [-0.05, 0) is 37.1 Å². The third-order valence-electron chi connectivity index (χ3n) is 2.95. The number of hydrogen-bond donors (Lipinski definition) is 1. The Hall–Kier alpha value is -1.51. The lowest BCUT2D eigenvalue weighted by Gasteiger charge is -2.23. The van der Waals surface area contributed by atoms with Crippen LogP contribution in [0.5, 0.6) is 5.75 Å². The van der Waals surface area contributed by atoms with Gasteiger partial charge >= 0.3 is 0 Å². The molecule has 0 aliphatic rings. The second-order valence-electron chi connectivity index (χ2n) is 4.74. The first kappa shape index (κ1) is 13.9. The van der Waals surface area contributed by atoms with Gasteiger partial charge in [-0.3, -0.25) is 0 Å². The third kappa shape index (κ3) is 3.49. The molecular formula is C16H18ClNO. The number of hydrogen-bond acceptors (Lipinski definition) is 2. The first-order valence-corrected chi connectivity index (χ1v) is 6.69. The van der Waals surface area contributed by atoms with Crippen LogP contribution in [0.2, 0.25) is 5.02 Å². The van der Waals surface area contributed by atoms with Crippen LogP contribution in [0.3, 0.4) is 0 Å². The Morgan fingerprint density at radius 1 is 1.11 bits per heavy atom. The lowest BCUT2D eigenvalue weighted by molar-refractivity contribution is 0.180. The van der Waals surface area contributed by atoms with E-state index in [1.54, 1.807) is 0 Å². The predicted octanol–water partition coefficient (Wildman–Crippen LogP) is 4.12. The Morgan fingerprint density at radius 3 is 2.42 bits per heavy atom. The summed E-state index contributed by atoms with van der Waals surface area (Å²) >= 11 is 6.17. The summed E-state index contributed by atoms with van der Waals surface area (Å²) in [6, 6.07) is 15.6. The van der Waals surface area contributed by atoms with E-state index in [1.165, 1.54) is 0 Å². The van der Waals surface area contributed by atoms with E-state index < -0.39 is 0 Å². The molecule has 0 spiro atoms. The molecule has 2 unspecified atom stereocenters. The fourth-order valence-electron chi connectivity index (χ4n) is 1.96. The van der Waals surface area contributed by atoms with Gasteiger partial charge in [0.25, 0.3) is 0 Å². The van der Waals surface area contributed by atoms with Crippen LogP contribution >= 0.6 is 11.6 Å². The van der Waals surface area contributed by atoms with Crippen LogP contribution in [0.4, 0.5) is 0 Å². The Balaban J connectivity index is 2.29. The zero-order valence-electron chi connectivity index (χ0n) is 11.1. The molecule has 0 aliphatic heterocycles. The lowest BCUT2D eigenvalue weighted by atomic mass is 10.0. The van der Waals surface area contributed by atoms with Crippen LogP contribution in [-0.4, -0.2) is 6.04 Å². The number of ether oxygens (including phenoxy) is 1. The van der Waals surface area contributed by atoms with Gasteiger partial charge in [0, 0.05) is 6.04 Å². The summed E-state index contributed by atoms with van der Waals surface area (Å²) in [5.41, 5.74) is 8.19. The highest BCUT2D eigenvalue weighted by molar-refractivity contribution is 6.32. The number of nitrogens with two attached hydrogens (primary N) is 1. The second kappa shape index (κ2) is 6.09. The maximum atomic E-state index is 6.17. The fraction of sp³-hybridized carbons (Fsp3) is 0.250. The Kier molecular flexibility index (Phi) is 4.46. The monoisotopic (exact) mass is 275 g/mol. The van der Waals surface area contributed by atoms with Gasteiger partial charge in [-0.15, -0.1) is 0 Å². The minimum absolute atomic E-state index is 0.126. The highest BCUT2D eigenvalue weighted by Crippen LogP contribution is 2.31. The Labute approximate surface area is 119 Å². The van der Waals surface area contributed by atoms with E-state index in [0.717, 1.165) is 11.1 Å². The molecule has 0 heterocycles. The second-order valence-corrected chi connectivity index (χ2v) is 5.15. The highest BCUT2D eigenvalue weighted by Gasteiger charge is 2.19. The van der Waals surface area contributed by atoms with E-state index in [4.69, 9.17) is 22.1 Å². The normalized spacial score (nSPS) is 13.9. The number of halogens is 1. The first-order chi connectivity index (χ1) is 9.08. The molecule has 0 radical (unpaired) electrons. The van der Waals surface area contributed by atoms with E-state index in [2.05, 4.69) is 0 Å². The standard InChI is InChI=1S/C16H18ClNO/c1-11-8-9-14(17)15(10-11)19-16(12(2)18)13-6-4-3-5-7-13/h3-10,12,16H,18H2,1-2H3. The van der Waals surface area contributed by atoms with Crippen molar-refractivity contribution in [3.63, 3.8) is 0 Å². The van der Waals surface area contributed by atoms with Gasteiger partial charge < -0.3 is 10.5 Å². The molecule has 19 heavy (non-hydrogen) atoms. The van der Waals surface area contributed by atoms with Crippen molar-refractivity contribution in [3.8, 4) is 5.75 Å². The van der Waals surface area contributed by atoms with Crippen LogP contribution < -0.4 is 10.5 Å². The summed E-state index contributed by atoms with van der Waals surface area (Å²) in [5, 5.41) is 0.604. The van der Waals surface area contributed by atoms with Crippen molar-refractivity contribution in [2.24, 2.45) is 5.73 Å². The van der Waals surface area contributed by atoms with Crippen molar-refractivity contribution in [2.75, 3.05) is 0 Å². The van der Waals surface area contributed by atoms with Crippen molar-refractivity contribution >= 4 is 11.6 Å². The Morgan fingerprint density at radius 2 is 1.79 bits per heavy atom. The predicted molar refractivity (Wildman–Crippen MR) is 79.6 cm³/mol. The molecule has 0 saturated heterocycles. The highest BCUT2D eigenvalue weighted by atomic mass is 35.5. The summed E-state index contributed by atoms with van der Waals surface area (Å²) in [5.74, 6) is 0.674.